The first-order valence-electron chi connectivity index (χ1n) is 14.2. The minimum atomic E-state index is -4.05. The lowest BCUT2D eigenvalue weighted by Gasteiger charge is -2.34. The van der Waals surface area contributed by atoms with Crippen molar-refractivity contribution in [2.45, 2.75) is 70.2 Å². The van der Waals surface area contributed by atoms with Gasteiger partial charge in [-0.25, -0.2) is 22.8 Å². The summed E-state index contributed by atoms with van der Waals surface area (Å²) < 4.78 is 35.8. The smallest absolute Gasteiger partial charge is 0.268 e. The SMILES string of the molecule is CCCC(COc1ccn(-c2ccc(C(=O)NS(=O)(=O)c3ccccc3)c(N3C[C@@H](C)CC3(C)C)n2)n1)C1CC1. The summed E-state index contributed by atoms with van der Waals surface area (Å²) in [6.45, 7) is 9.94. The minimum Gasteiger partial charge on any atom is -0.476 e. The van der Waals surface area contributed by atoms with E-state index < -0.39 is 15.9 Å². The molecule has 40 heavy (non-hydrogen) atoms. The molecule has 0 bridgehead atoms. The van der Waals surface area contributed by atoms with E-state index in [9.17, 15) is 13.2 Å². The number of sulfonamides is 1. The van der Waals surface area contributed by atoms with Crippen LogP contribution in [-0.4, -0.2) is 47.8 Å². The Labute approximate surface area is 237 Å². The summed E-state index contributed by atoms with van der Waals surface area (Å²) in [4.78, 5) is 20.4. The molecule has 214 valence electrons. The number of nitrogens with one attached hydrogen (secondary N) is 1. The van der Waals surface area contributed by atoms with Gasteiger partial charge in [0.25, 0.3) is 15.9 Å². The molecule has 2 fully saturated rings. The molecule has 1 aromatic carbocycles. The van der Waals surface area contributed by atoms with Crippen LogP contribution >= 0.6 is 0 Å². The molecule has 0 spiro atoms. The van der Waals surface area contributed by atoms with Crippen molar-refractivity contribution in [2.75, 3.05) is 18.1 Å². The van der Waals surface area contributed by atoms with E-state index in [1.54, 1.807) is 41.2 Å². The Hall–Kier alpha value is -3.40. The number of aromatic nitrogens is 3. The predicted molar refractivity (Wildman–Crippen MR) is 154 cm³/mol. The average molecular weight is 566 g/mol. The Balaban J connectivity index is 1.42. The van der Waals surface area contributed by atoms with E-state index in [0.29, 0.717) is 42.5 Å². The number of anilines is 1. The lowest BCUT2D eigenvalue weighted by Crippen LogP contribution is -2.41. The number of hydrogen-bond acceptors (Lipinski definition) is 7. The molecule has 1 amide bonds. The normalized spacial score (nSPS) is 19.4. The quantitative estimate of drug-likeness (QED) is 0.340. The van der Waals surface area contributed by atoms with Gasteiger partial charge in [0.15, 0.2) is 5.82 Å². The van der Waals surface area contributed by atoms with E-state index in [-0.39, 0.29) is 16.0 Å². The molecular formula is C30H39N5O4S. The van der Waals surface area contributed by atoms with Crippen molar-refractivity contribution in [1.82, 2.24) is 19.5 Å². The third kappa shape index (κ3) is 6.16. The molecule has 2 aromatic heterocycles. The van der Waals surface area contributed by atoms with E-state index in [2.05, 4.69) is 42.4 Å². The summed E-state index contributed by atoms with van der Waals surface area (Å²) in [5.41, 5.74) is -0.0747. The van der Waals surface area contributed by atoms with E-state index in [1.807, 2.05) is 6.07 Å². The van der Waals surface area contributed by atoms with Gasteiger partial charge in [-0.2, -0.15) is 0 Å². The first kappa shape index (κ1) is 28.1. The number of hydrogen-bond donors (Lipinski definition) is 1. The summed E-state index contributed by atoms with van der Waals surface area (Å²) in [6.07, 6.45) is 7.58. The van der Waals surface area contributed by atoms with Crippen LogP contribution in [0.2, 0.25) is 0 Å². The highest BCUT2D eigenvalue weighted by Gasteiger charge is 2.39. The first-order chi connectivity index (χ1) is 19.1. The molecule has 1 saturated carbocycles. The van der Waals surface area contributed by atoms with E-state index >= 15 is 0 Å². The molecule has 1 N–H and O–H groups in total. The summed E-state index contributed by atoms with van der Waals surface area (Å²) in [5.74, 6) is 2.48. The molecule has 0 radical (unpaired) electrons. The number of carbonyl (C=O) groups is 1. The summed E-state index contributed by atoms with van der Waals surface area (Å²) in [5, 5.41) is 4.60. The molecule has 1 aliphatic heterocycles. The monoisotopic (exact) mass is 565 g/mol. The molecular weight excluding hydrogens is 526 g/mol. The van der Waals surface area contributed by atoms with Crippen molar-refractivity contribution in [1.29, 1.82) is 0 Å². The number of carbonyl (C=O) groups excluding carboxylic acids is 1. The topological polar surface area (TPSA) is 106 Å². The average Bonchev–Trinajstić information content (AvgIpc) is 3.58. The second kappa shape index (κ2) is 11.2. The minimum absolute atomic E-state index is 0.0246. The van der Waals surface area contributed by atoms with Gasteiger partial charge in [0.2, 0.25) is 5.88 Å². The van der Waals surface area contributed by atoms with Crippen molar-refractivity contribution in [3.8, 4) is 11.7 Å². The van der Waals surface area contributed by atoms with E-state index in [0.717, 1.165) is 25.2 Å². The van der Waals surface area contributed by atoms with Gasteiger partial charge >= 0.3 is 0 Å². The molecule has 5 rings (SSSR count). The Morgan fingerprint density at radius 1 is 1.15 bits per heavy atom. The molecule has 2 aliphatic rings. The van der Waals surface area contributed by atoms with Gasteiger partial charge in [0, 0.05) is 24.3 Å². The Bertz CT molecular complexity index is 1450. The van der Waals surface area contributed by atoms with Gasteiger partial charge in [-0.05, 0) is 81.5 Å². The first-order valence-corrected chi connectivity index (χ1v) is 15.7. The zero-order valence-corrected chi connectivity index (χ0v) is 24.5. The number of pyridine rings is 1. The van der Waals surface area contributed by atoms with Gasteiger partial charge in [-0.15, -0.1) is 5.10 Å². The highest BCUT2D eigenvalue weighted by atomic mass is 32.2. The largest absolute Gasteiger partial charge is 0.476 e. The molecule has 10 heteroatoms. The summed E-state index contributed by atoms with van der Waals surface area (Å²) >= 11 is 0. The number of ether oxygens (including phenoxy) is 1. The number of nitrogens with zero attached hydrogens (tertiary/aromatic N) is 4. The van der Waals surface area contributed by atoms with Crippen LogP contribution in [-0.2, 0) is 10.0 Å². The third-order valence-electron chi connectivity index (χ3n) is 7.91. The third-order valence-corrected chi connectivity index (χ3v) is 9.25. The molecule has 1 saturated heterocycles. The molecule has 1 aliphatic carbocycles. The lowest BCUT2D eigenvalue weighted by molar-refractivity contribution is 0.0981. The molecule has 3 heterocycles. The fourth-order valence-corrected chi connectivity index (χ4v) is 6.83. The lowest BCUT2D eigenvalue weighted by atomic mass is 9.97. The van der Waals surface area contributed by atoms with Crippen molar-refractivity contribution in [3.63, 3.8) is 0 Å². The van der Waals surface area contributed by atoms with Crippen LogP contribution in [0.3, 0.4) is 0 Å². The van der Waals surface area contributed by atoms with Crippen LogP contribution in [0.1, 0.15) is 70.2 Å². The fraction of sp³-hybridized carbons (Fsp3) is 0.500. The second-order valence-electron chi connectivity index (χ2n) is 11.8. The predicted octanol–water partition coefficient (Wildman–Crippen LogP) is 5.22. The molecule has 3 aromatic rings. The van der Waals surface area contributed by atoms with E-state index in [4.69, 9.17) is 9.72 Å². The highest BCUT2D eigenvalue weighted by Crippen LogP contribution is 2.40. The maximum Gasteiger partial charge on any atom is 0.268 e. The Kier molecular flexibility index (Phi) is 7.90. The van der Waals surface area contributed by atoms with Crippen molar-refractivity contribution in [3.05, 3.63) is 60.3 Å². The zero-order chi connectivity index (χ0) is 28.5. The van der Waals surface area contributed by atoms with Crippen molar-refractivity contribution in [2.24, 2.45) is 17.8 Å². The van der Waals surface area contributed by atoms with E-state index in [1.165, 1.54) is 25.0 Å². The van der Waals surface area contributed by atoms with Crippen molar-refractivity contribution >= 4 is 21.7 Å². The van der Waals surface area contributed by atoms with Crippen LogP contribution in [0.4, 0.5) is 5.82 Å². The van der Waals surface area contributed by atoms with Gasteiger partial charge in [0.05, 0.1) is 17.1 Å². The van der Waals surface area contributed by atoms with Crippen LogP contribution < -0.4 is 14.4 Å². The Morgan fingerprint density at radius 3 is 2.55 bits per heavy atom. The number of rotatable bonds is 11. The number of benzene rings is 1. The number of amides is 1. The maximum absolute atomic E-state index is 13.4. The highest BCUT2D eigenvalue weighted by molar-refractivity contribution is 7.90. The fourth-order valence-electron chi connectivity index (χ4n) is 5.84. The van der Waals surface area contributed by atoms with Gasteiger partial charge in [-0.1, -0.05) is 38.5 Å². The standard InChI is InChI=1S/C30H39N5O4S/c1-5-9-23(22-12-13-22)20-39-27-16-17-35(32-27)26-15-14-25(28(31-26)34-19-21(2)18-30(34,3)4)29(36)33-40(37,38)24-10-7-6-8-11-24/h6-8,10-11,14-17,21-23H,5,9,12-13,18-20H2,1-4H3,(H,33,36)/t21-,23?/m0/s1. The maximum atomic E-state index is 13.4. The van der Waals surface area contributed by atoms with Gasteiger partial charge in [-0.3, -0.25) is 4.79 Å². The Morgan fingerprint density at radius 2 is 1.90 bits per heavy atom. The summed E-state index contributed by atoms with van der Waals surface area (Å²) in [6, 6.07) is 13.0. The second-order valence-corrected chi connectivity index (χ2v) is 13.5. The summed E-state index contributed by atoms with van der Waals surface area (Å²) in [7, 11) is -4.05. The van der Waals surface area contributed by atoms with Crippen LogP contribution in [0.25, 0.3) is 5.82 Å². The van der Waals surface area contributed by atoms with Crippen LogP contribution in [0, 0.1) is 17.8 Å². The van der Waals surface area contributed by atoms with Gasteiger partial charge < -0.3 is 9.64 Å². The molecule has 2 atom stereocenters. The zero-order valence-electron chi connectivity index (χ0n) is 23.7. The van der Waals surface area contributed by atoms with Crippen LogP contribution in [0.15, 0.2) is 59.6 Å². The van der Waals surface area contributed by atoms with Crippen LogP contribution in [0.5, 0.6) is 5.88 Å². The molecule has 9 nitrogen and oxygen atoms in total. The van der Waals surface area contributed by atoms with Crippen molar-refractivity contribution < 1.29 is 17.9 Å². The van der Waals surface area contributed by atoms with Gasteiger partial charge in [0.1, 0.15) is 5.82 Å². The molecule has 1 unspecified atom stereocenters.